The molecule has 0 aliphatic carbocycles. The highest BCUT2D eigenvalue weighted by Crippen LogP contribution is 2.18. The van der Waals surface area contributed by atoms with Crippen LogP contribution in [0, 0.1) is 0 Å². The van der Waals surface area contributed by atoms with Crippen LogP contribution >= 0.6 is 23.2 Å². The molecular formula is C16H13Cl2N3. The van der Waals surface area contributed by atoms with Gasteiger partial charge >= 0.3 is 0 Å². The first-order chi connectivity index (χ1) is 10.2. The first kappa shape index (κ1) is 14.1. The number of aromatic nitrogens is 3. The Bertz CT molecular complexity index is 718. The van der Waals surface area contributed by atoms with E-state index >= 15 is 0 Å². The zero-order valence-corrected chi connectivity index (χ0v) is 12.7. The van der Waals surface area contributed by atoms with Gasteiger partial charge in [0.1, 0.15) is 5.82 Å². The third kappa shape index (κ3) is 3.63. The van der Waals surface area contributed by atoms with E-state index in [0.717, 1.165) is 29.3 Å². The van der Waals surface area contributed by atoms with Crippen molar-refractivity contribution >= 4 is 23.2 Å². The summed E-state index contributed by atoms with van der Waals surface area (Å²) in [5.41, 5.74) is 2.18. The predicted molar refractivity (Wildman–Crippen MR) is 85.7 cm³/mol. The Morgan fingerprint density at radius 1 is 0.810 bits per heavy atom. The van der Waals surface area contributed by atoms with Gasteiger partial charge in [0.15, 0.2) is 5.82 Å². The second-order valence-electron chi connectivity index (χ2n) is 4.74. The van der Waals surface area contributed by atoms with Gasteiger partial charge in [0.05, 0.1) is 0 Å². The smallest absolute Gasteiger partial charge is 0.181 e. The summed E-state index contributed by atoms with van der Waals surface area (Å²) < 4.78 is 0. The molecule has 0 atom stereocenters. The standard InChI is InChI=1S/C16H13Cl2N3/c17-13-6-1-11(2-7-13)3-10-15-19-16(21-20-15)12-4-8-14(18)9-5-12/h1-2,4-9H,3,10H2,(H,19,20,21). The van der Waals surface area contributed by atoms with E-state index in [1.807, 2.05) is 48.5 Å². The van der Waals surface area contributed by atoms with Gasteiger partial charge < -0.3 is 0 Å². The lowest BCUT2D eigenvalue weighted by atomic mass is 10.1. The van der Waals surface area contributed by atoms with Crippen LogP contribution in [0.15, 0.2) is 48.5 Å². The van der Waals surface area contributed by atoms with E-state index in [9.17, 15) is 0 Å². The topological polar surface area (TPSA) is 41.6 Å². The van der Waals surface area contributed by atoms with Crippen LogP contribution in [-0.4, -0.2) is 15.2 Å². The lowest BCUT2D eigenvalue weighted by molar-refractivity contribution is 0.865. The molecule has 21 heavy (non-hydrogen) atoms. The molecule has 0 fully saturated rings. The molecule has 106 valence electrons. The molecule has 0 aliphatic rings. The maximum atomic E-state index is 5.87. The van der Waals surface area contributed by atoms with Crippen LogP contribution in [0.2, 0.25) is 10.0 Å². The third-order valence-electron chi connectivity index (χ3n) is 3.20. The van der Waals surface area contributed by atoms with Crippen LogP contribution in [0.25, 0.3) is 11.4 Å². The number of rotatable bonds is 4. The summed E-state index contributed by atoms with van der Waals surface area (Å²) in [6.07, 6.45) is 1.70. The van der Waals surface area contributed by atoms with Gasteiger partial charge in [-0.05, 0) is 48.4 Å². The Kier molecular flexibility index (Phi) is 4.23. The van der Waals surface area contributed by atoms with E-state index in [1.165, 1.54) is 5.56 Å². The number of nitrogens with one attached hydrogen (secondary N) is 1. The Morgan fingerprint density at radius 3 is 2.10 bits per heavy atom. The second kappa shape index (κ2) is 6.29. The van der Waals surface area contributed by atoms with E-state index in [2.05, 4.69) is 15.2 Å². The summed E-state index contributed by atoms with van der Waals surface area (Å²) >= 11 is 11.7. The van der Waals surface area contributed by atoms with Crippen molar-refractivity contribution in [1.29, 1.82) is 0 Å². The van der Waals surface area contributed by atoms with Crippen molar-refractivity contribution in [2.45, 2.75) is 12.8 Å². The average Bonchev–Trinajstić information content (AvgIpc) is 2.96. The third-order valence-corrected chi connectivity index (χ3v) is 3.70. The first-order valence-corrected chi connectivity index (χ1v) is 7.38. The van der Waals surface area contributed by atoms with E-state index in [-0.39, 0.29) is 0 Å². The molecule has 0 bridgehead atoms. The fourth-order valence-electron chi connectivity index (χ4n) is 2.05. The predicted octanol–water partition coefficient (Wildman–Crippen LogP) is 4.56. The van der Waals surface area contributed by atoms with E-state index < -0.39 is 0 Å². The fraction of sp³-hybridized carbons (Fsp3) is 0.125. The second-order valence-corrected chi connectivity index (χ2v) is 5.61. The Hall–Kier alpha value is -1.84. The van der Waals surface area contributed by atoms with Crippen molar-refractivity contribution in [3.63, 3.8) is 0 Å². The van der Waals surface area contributed by atoms with Crippen molar-refractivity contribution in [2.75, 3.05) is 0 Å². The molecule has 3 aromatic rings. The molecule has 0 radical (unpaired) electrons. The molecule has 3 nitrogen and oxygen atoms in total. The summed E-state index contributed by atoms with van der Waals surface area (Å²) in [6, 6.07) is 15.3. The molecule has 1 heterocycles. The number of halogens is 2. The summed E-state index contributed by atoms with van der Waals surface area (Å²) in [7, 11) is 0. The summed E-state index contributed by atoms with van der Waals surface area (Å²) in [5, 5.41) is 8.68. The van der Waals surface area contributed by atoms with Gasteiger partial charge in [-0.2, -0.15) is 5.10 Å². The van der Waals surface area contributed by atoms with Crippen LogP contribution in [0.3, 0.4) is 0 Å². The Morgan fingerprint density at radius 2 is 1.43 bits per heavy atom. The zero-order chi connectivity index (χ0) is 14.7. The first-order valence-electron chi connectivity index (χ1n) is 6.62. The SMILES string of the molecule is Clc1ccc(CCc2nc(-c3ccc(Cl)cc3)n[nH]2)cc1. The van der Waals surface area contributed by atoms with Crippen molar-refractivity contribution in [2.24, 2.45) is 0 Å². The van der Waals surface area contributed by atoms with Gasteiger partial charge in [-0.15, -0.1) is 0 Å². The maximum Gasteiger partial charge on any atom is 0.181 e. The molecule has 0 saturated heterocycles. The monoisotopic (exact) mass is 317 g/mol. The van der Waals surface area contributed by atoms with Gasteiger partial charge in [-0.1, -0.05) is 35.3 Å². The van der Waals surface area contributed by atoms with Crippen LogP contribution in [-0.2, 0) is 12.8 Å². The van der Waals surface area contributed by atoms with E-state index in [1.54, 1.807) is 0 Å². The summed E-state index contributed by atoms with van der Waals surface area (Å²) in [5.74, 6) is 1.56. The van der Waals surface area contributed by atoms with Crippen LogP contribution in [0.4, 0.5) is 0 Å². The minimum Gasteiger partial charge on any atom is -0.263 e. The zero-order valence-electron chi connectivity index (χ0n) is 11.2. The molecule has 0 aliphatic heterocycles. The van der Waals surface area contributed by atoms with Gasteiger partial charge in [0, 0.05) is 22.0 Å². The number of hydrogen-bond donors (Lipinski definition) is 1. The minimum absolute atomic E-state index is 0.692. The van der Waals surface area contributed by atoms with Crippen molar-refractivity contribution in [3.05, 3.63) is 70.0 Å². The molecule has 3 rings (SSSR count). The summed E-state index contributed by atoms with van der Waals surface area (Å²) in [4.78, 5) is 4.51. The molecular weight excluding hydrogens is 305 g/mol. The molecule has 2 aromatic carbocycles. The lowest BCUT2D eigenvalue weighted by Gasteiger charge is -1.99. The summed E-state index contributed by atoms with van der Waals surface area (Å²) in [6.45, 7) is 0. The molecule has 0 amide bonds. The minimum atomic E-state index is 0.692. The highest BCUT2D eigenvalue weighted by molar-refractivity contribution is 6.30. The van der Waals surface area contributed by atoms with Crippen molar-refractivity contribution in [1.82, 2.24) is 15.2 Å². The number of H-pyrrole nitrogens is 1. The molecule has 0 saturated carbocycles. The van der Waals surface area contributed by atoms with Crippen molar-refractivity contribution < 1.29 is 0 Å². The van der Waals surface area contributed by atoms with Gasteiger partial charge in [-0.3, -0.25) is 5.10 Å². The largest absolute Gasteiger partial charge is 0.263 e. The van der Waals surface area contributed by atoms with Crippen LogP contribution < -0.4 is 0 Å². The quantitative estimate of drug-likeness (QED) is 0.766. The molecule has 0 unspecified atom stereocenters. The van der Waals surface area contributed by atoms with Gasteiger partial charge in [0.25, 0.3) is 0 Å². The number of aryl methyl sites for hydroxylation is 2. The van der Waals surface area contributed by atoms with Crippen LogP contribution in [0.5, 0.6) is 0 Å². The molecule has 0 spiro atoms. The highest BCUT2D eigenvalue weighted by atomic mass is 35.5. The van der Waals surface area contributed by atoms with E-state index in [0.29, 0.717) is 10.8 Å². The number of aromatic amines is 1. The Labute approximate surface area is 132 Å². The Balaban J connectivity index is 1.67. The average molecular weight is 318 g/mol. The number of hydrogen-bond acceptors (Lipinski definition) is 2. The maximum absolute atomic E-state index is 5.87. The van der Waals surface area contributed by atoms with Gasteiger partial charge in [-0.25, -0.2) is 4.98 Å². The van der Waals surface area contributed by atoms with Gasteiger partial charge in [0.2, 0.25) is 0 Å². The molecule has 1 N–H and O–H groups in total. The molecule has 1 aromatic heterocycles. The fourth-order valence-corrected chi connectivity index (χ4v) is 2.30. The number of nitrogens with zero attached hydrogens (tertiary/aromatic N) is 2. The normalized spacial score (nSPS) is 10.8. The van der Waals surface area contributed by atoms with E-state index in [4.69, 9.17) is 23.2 Å². The van der Waals surface area contributed by atoms with Crippen LogP contribution in [0.1, 0.15) is 11.4 Å². The number of benzene rings is 2. The highest BCUT2D eigenvalue weighted by Gasteiger charge is 2.06. The lowest BCUT2D eigenvalue weighted by Crippen LogP contribution is -1.93. The van der Waals surface area contributed by atoms with Crippen molar-refractivity contribution in [3.8, 4) is 11.4 Å². The molecule has 5 heteroatoms.